The molecule has 3 heterocycles. The minimum absolute atomic E-state index is 0.0964. The number of benzene rings is 1. The number of halogens is 2. The highest BCUT2D eigenvalue weighted by molar-refractivity contribution is 6.31. The van der Waals surface area contributed by atoms with Crippen LogP contribution in [0.5, 0.6) is 0 Å². The van der Waals surface area contributed by atoms with Crippen LogP contribution >= 0.6 is 11.6 Å². The largest absolute Gasteiger partial charge is 0.353 e. The zero-order chi connectivity index (χ0) is 20.4. The van der Waals surface area contributed by atoms with Crippen LogP contribution in [0, 0.1) is 5.82 Å². The summed E-state index contributed by atoms with van der Waals surface area (Å²) in [5.41, 5.74) is 0.341. The van der Waals surface area contributed by atoms with E-state index in [0.29, 0.717) is 17.2 Å². The van der Waals surface area contributed by atoms with E-state index in [2.05, 4.69) is 20.3 Å². The molecule has 10 heteroatoms. The smallest absolute Gasteiger partial charge is 0.350 e. The number of aromatic nitrogens is 4. The van der Waals surface area contributed by atoms with Gasteiger partial charge in [0.15, 0.2) is 5.82 Å². The number of carbonyl (C=O) groups is 1. The normalized spacial score (nSPS) is 14.8. The van der Waals surface area contributed by atoms with E-state index in [4.69, 9.17) is 11.6 Å². The second-order valence-electron chi connectivity index (χ2n) is 6.96. The van der Waals surface area contributed by atoms with E-state index in [1.807, 2.05) is 0 Å². The molecule has 0 saturated carbocycles. The number of nitrogens with one attached hydrogen (secondary N) is 1. The van der Waals surface area contributed by atoms with Gasteiger partial charge in [0.25, 0.3) is 0 Å². The lowest BCUT2D eigenvalue weighted by molar-refractivity contribution is -0.117. The third kappa shape index (κ3) is 4.09. The van der Waals surface area contributed by atoms with Crippen molar-refractivity contribution in [3.63, 3.8) is 0 Å². The SMILES string of the molecule is O=C(Cn1nc2c(N3CCCCCC3)nccn2c1=O)Nc1ccc(F)c(Cl)c1. The highest BCUT2D eigenvalue weighted by atomic mass is 35.5. The second kappa shape index (κ2) is 8.20. The molecule has 4 rings (SSSR count). The molecule has 0 spiro atoms. The van der Waals surface area contributed by atoms with Gasteiger partial charge in [-0.3, -0.25) is 4.79 Å². The predicted octanol–water partition coefficient (Wildman–Crippen LogP) is 2.70. The molecule has 1 fully saturated rings. The molecule has 1 saturated heterocycles. The number of carbonyl (C=O) groups excluding carboxylic acids is 1. The van der Waals surface area contributed by atoms with E-state index in [0.717, 1.165) is 36.7 Å². The molecule has 1 aliphatic rings. The Morgan fingerprint density at radius 3 is 2.69 bits per heavy atom. The summed E-state index contributed by atoms with van der Waals surface area (Å²) in [5.74, 6) is -0.395. The van der Waals surface area contributed by atoms with Gasteiger partial charge in [-0.25, -0.2) is 23.3 Å². The second-order valence-corrected chi connectivity index (χ2v) is 7.37. The highest BCUT2D eigenvalue weighted by Gasteiger charge is 2.19. The zero-order valence-electron chi connectivity index (χ0n) is 15.6. The Labute approximate surface area is 170 Å². The number of rotatable bonds is 4. The van der Waals surface area contributed by atoms with Gasteiger partial charge in [0.2, 0.25) is 11.6 Å². The van der Waals surface area contributed by atoms with Gasteiger partial charge in [0.1, 0.15) is 12.4 Å². The Morgan fingerprint density at radius 2 is 1.97 bits per heavy atom. The lowest BCUT2D eigenvalue weighted by atomic mass is 10.2. The molecule has 8 nitrogen and oxygen atoms in total. The quantitative estimate of drug-likeness (QED) is 0.704. The molecule has 0 atom stereocenters. The van der Waals surface area contributed by atoms with E-state index >= 15 is 0 Å². The maximum atomic E-state index is 13.3. The van der Waals surface area contributed by atoms with E-state index < -0.39 is 17.4 Å². The van der Waals surface area contributed by atoms with E-state index in [-0.39, 0.29) is 11.6 Å². The van der Waals surface area contributed by atoms with Crippen LogP contribution in [0.1, 0.15) is 25.7 Å². The van der Waals surface area contributed by atoms with E-state index in [9.17, 15) is 14.0 Å². The number of hydrogen-bond acceptors (Lipinski definition) is 5. The molecule has 3 aromatic rings. The first kappa shape index (κ1) is 19.4. The van der Waals surface area contributed by atoms with Crippen molar-refractivity contribution in [2.45, 2.75) is 32.2 Å². The fourth-order valence-electron chi connectivity index (χ4n) is 3.45. The molecule has 2 aromatic heterocycles. The summed E-state index contributed by atoms with van der Waals surface area (Å²) in [5, 5.41) is 6.84. The van der Waals surface area contributed by atoms with Gasteiger partial charge in [-0.05, 0) is 31.0 Å². The Morgan fingerprint density at radius 1 is 1.21 bits per heavy atom. The van der Waals surface area contributed by atoms with Crippen molar-refractivity contribution >= 4 is 34.7 Å². The maximum Gasteiger partial charge on any atom is 0.350 e. The van der Waals surface area contributed by atoms with Crippen LogP contribution in [0.15, 0.2) is 35.4 Å². The van der Waals surface area contributed by atoms with Crippen LogP contribution < -0.4 is 15.9 Å². The Hall–Kier alpha value is -2.94. The van der Waals surface area contributed by atoms with Crippen molar-refractivity contribution in [1.29, 1.82) is 0 Å². The first-order valence-corrected chi connectivity index (χ1v) is 9.85. The van der Waals surface area contributed by atoms with Gasteiger partial charge in [-0.2, -0.15) is 0 Å². The average Bonchev–Trinajstić information content (AvgIpc) is 2.88. The minimum Gasteiger partial charge on any atom is -0.353 e. The van der Waals surface area contributed by atoms with Gasteiger partial charge < -0.3 is 10.2 Å². The monoisotopic (exact) mass is 418 g/mol. The standard InChI is InChI=1S/C19H20ClFN6O2/c20-14-11-13(5-6-15(14)21)23-16(28)12-27-19(29)26-10-7-22-17(18(26)24-27)25-8-3-1-2-4-9-25/h5-7,10-11H,1-4,8-9,12H2,(H,23,28). The molecular formula is C19H20ClFN6O2. The van der Waals surface area contributed by atoms with Gasteiger partial charge in [0, 0.05) is 31.2 Å². The van der Waals surface area contributed by atoms with Crippen LogP contribution in [-0.2, 0) is 11.3 Å². The molecule has 1 N–H and O–H groups in total. The van der Waals surface area contributed by atoms with Crippen molar-refractivity contribution in [1.82, 2.24) is 19.2 Å². The Balaban J connectivity index is 1.58. The van der Waals surface area contributed by atoms with Crippen LogP contribution in [0.4, 0.5) is 15.9 Å². The number of hydrogen-bond donors (Lipinski definition) is 1. The molecule has 0 radical (unpaired) electrons. The molecule has 1 aliphatic heterocycles. The van der Waals surface area contributed by atoms with Crippen molar-refractivity contribution in [2.24, 2.45) is 0 Å². The Kier molecular flexibility index (Phi) is 5.48. The minimum atomic E-state index is -0.574. The topological polar surface area (TPSA) is 84.5 Å². The molecule has 0 unspecified atom stereocenters. The zero-order valence-corrected chi connectivity index (χ0v) is 16.4. The van der Waals surface area contributed by atoms with Crippen LogP contribution in [-0.4, -0.2) is 38.2 Å². The third-order valence-electron chi connectivity index (χ3n) is 4.89. The molecule has 152 valence electrons. The summed E-state index contributed by atoms with van der Waals surface area (Å²) in [6.45, 7) is 1.44. The van der Waals surface area contributed by atoms with Crippen molar-refractivity contribution in [2.75, 3.05) is 23.3 Å². The summed E-state index contributed by atoms with van der Waals surface area (Å²) in [6.07, 6.45) is 7.59. The van der Waals surface area contributed by atoms with Gasteiger partial charge in [-0.15, -0.1) is 5.10 Å². The fraction of sp³-hybridized carbons (Fsp3) is 0.368. The first-order chi connectivity index (χ1) is 14.0. The average molecular weight is 419 g/mol. The molecule has 0 aliphatic carbocycles. The van der Waals surface area contributed by atoms with E-state index in [1.54, 1.807) is 12.4 Å². The van der Waals surface area contributed by atoms with Crippen LogP contribution in [0.3, 0.4) is 0 Å². The number of anilines is 2. The predicted molar refractivity (Wildman–Crippen MR) is 108 cm³/mol. The van der Waals surface area contributed by atoms with Crippen molar-refractivity contribution in [3.8, 4) is 0 Å². The summed E-state index contributed by atoms with van der Waals surface area (Å²) in [7, 11) is 0. The lowest BCUT2D eigenvalue weighted by Gasteiger charge is -2.20. The lowest BCUT2D eigenvalue weighted by Crippen LogP contribution is -2.28. The number of fused-ring (bicyclic) bond motifs is 1. The van der Waals surface area contributed by atoms with Gasteiger partial charge in [0.05, 0.1) is 5.02 Å². The summed E-state index contributed by atoms with van der Waals surface area (Å²) in [6, 6.07) is 3.86. The highest BCUT2D eigenvalue weighted by Crippen LogP contribution is 2.21. The van der Waals surface area contributed by atoms with Crippen molar-refractivity contribution in [3.05, 3.63) is 51.9 Å². The number of amides is 1. The molecule has 29 heavy (non-hydrogen) atoms. The van der Waals surface area contributed by atoms with Gasteiger partial charge >= 0.3 is 5.69 Å². The molecule has 0 bridgehead atoms. The number of nitrogens with zero attached hydrogens (tertiary/aromatic N) is 5. The summed E-state index contributed by atoms with van der Waals surface area (Å²) in [4.78, 5) is 31.6. The van der Waals surface area contributed by atoms with Gasteiger partial charge in [-0.1, -0.05) is 24.4 Å². The van der Waals surface area contributed by atoms with Crippen LogP contribution in [0.25, 0.3) is 5.65 Å². The summed E-state index contributed by atoms with van der Waals surface area (Å²) >= 11 is 5.73. The molecule has 1 aromatic carbocycles. The first-order valence-electron chi connectivity index (χ1n) is 9.47. The fourth-order valence-corrected chi connectivity index (χ4v) is 3.63. The maximum absolute atomic E-state index is 13.3. The third-order valence-corrected chi connectivity index (χ3v) is 5.18. The Bertz CT molecular complexity index is 1100. The van der Waals surface area contributed by atoms with Crippen molar-refractivity contribution < 1.29 is 9.18 Å². The van der Waals surface area contributed by atoms with Crippen LogP contribution in [0.2, 0.25) is 5.02 Å². The molecule has 1 amide bonds. The summed E-state index contributed by atoms with van der Waals surface area (Å²) < 4.78 is 15.8. The molecular weight excluding hydrogens is 399 g/mol. The van der Waals surface area contributed by atoms with E-state index in [1.165, 1.54) is 29.4 Å².